The van der Waals surface area contributed by atoms with E-state index in [0.29, 0.717) is 30.4 Å². The monoisotopic (exact) mass is 853 g/mol. The van der Waals surface area contributed by atoms with Gasteiger partial charge in [-0.3, -0.25) is 43.3 Å². The number of guanidine groups is 1. The number of amides is 8. The Balaban J connectivity index is 2.10. The number of hydrogen-bond donors (Lipinski definition) is 11. The van der Waals surface area contributed by atoms with Crippen LogP contribution in [0.3, 0.4) is 0 Å². The molecule has 2 saturated carbocycles. The van der Waals surface area contributed by atoms with Gasteiger partial charge in [0, 0.05) is 13.5 Å². The van der Waals surface area contributed by atoms with E-state index in [1.807, 2.05) is 13.8 Å². The average Bonchev–Trinajstić information content (AvgIpc) is 3.79. The maximum Gasteiger partial charge on any atom is 0.245 e. The van der Waals surface area contributed by atoms with Crippen LogP contribution in [0.25, 0.3) is 0 Å². The molecule has 14 N–H and O–H groups in total. The summed E-state index contributed by atoms with van der Waals surface area (Å²) in [7, 11) is 0. The Labute approximate surface area is 350 Å². The molecule has 0 heterocycles. The minimum Gasteiger partial charge on any atom is -0.394 e. The second-order valence-electron chi connectivity index (χ2n) is 16.1. The number of nitrogens with two attached hydrogens (primary N) is 3. The molecule has 0 unspecified atom stereocenters. The molecule has 0 radical (unpaired) electrons. The standard InChI is InChI=1S/C38H67N11O9S/c1-19(2)14-28(31(39)52)48-37(58)30(18-50)49-33(54)21(4)44-35(56)27(11-13-59-6)46-32(53)20(3)43-34(55)26(8-7-12-42-38(40)41)47-36(57)29(45-22(5)51)17-25-16-23-9-10-24(25)15-23/h19-21,23-30,50H,7-18H2,1-6H3,(H2,39,52)(H,43,55)(H,44,56)(H,45,51)(H,46,53)(H,47,57)(H,48,58)(H,49,54)(H4,40,41,42)/t20-,21-,23-,24+,25+,26-,27-,28-,29-,30-/m0/s1. The normalized spacial score (nSPS) is 20.4. The number of aliphatic hydroxyl groups is 1. The third kappa shape index (κ3) is 17.6. The summed E-state index contributed by atoms with van der Waals surface area (Å²) in [5, 5.41) is 27.8. The molecule has 2 aliphatic rings. The Morgan fingerprint density at radius 1 is 0.678 bits per heavy atom. The summed E-state index contributed by atoms with van der Waals surface area (Å²) < 4.78 is 0. The number of fused-ring (bicyclic) bond motifs is 2. The van der Waals surface area contributed by atoms with Gasteiger partial charge in [-0.05, 0) is 101 Å². The van der Waals surface area contributed by atoms with Crippen molar-refractivity contribution in [2.75, 3.05) is 25.2 Å². The van der Waals surface area contributed by atoms with Crippen LogP contribution in [0.15, 0.2) is 4.99 Å². The zero-order chi connectivity index (χ0) is 44.4. The third-order valence-electron chi connectivity index (χ3n) is 10.6. The maximum atomic E-state index is 13.7. The lowest BCUT2D eigenvalue weighted by Gasteiger charge is -2.28. The number of carbonyl (C=O) groups excluding carboxylic acids is 8. The van der Waals surface area contributed by atoms with E-state index in [4.69, 9.17) is 17.2 Å². The molecule has 20 nitrogen and oxygen atoms in total. The molecule has 0 saturated heterocycles. The number of thioether (sulfide) groups is 1. The molecule has 21 heteroatoms. The number of nitrogens with one attached hydrogen (secondary N) is 7. The fourth-order valence-electron chi connectivity index (χ4n) is 7.53. The van der Waals surface area contributed by atoms with Crippen molar-refractivity contribution in [2.45, 2.75) is 135 Å². The molecule has 0 aromatic rings. The van der Waals surface area contributed by atoms with Crippen LogP contribution < -0.4 is 54.4 Å². The second-order valence-corrected chi connectivity index (χ2v) is 17.1. The minimum atomic E-state index is -1.45. The van der Waals surface area contributed by atoms with Crippen molar-refractivity contribution >= 4 is 65.0 Å². The number of hydrogen-bond acceptors (Lipinski definition) is 11. The lowest BCUT2D eigenvalue weighted by Crippen LogP contribution is -2.59. The Bertz CT molecular complexity index is 1510. The predicted octanol–water partition coefficient (Wildman–Crippen LogP) is -2.40. The van der Waals surface area contributed by atoms with Crippen molar-refractivity contribution in [3.05, 3.63) is 0 Å². The first-order valence-corrected chi connectivity index (χ1v) is 21.7. The SMILES string of the molecule is CSCC[C@H](NC(=O)[C@H](C)NC(=O)[C@H](CCCN=C(N)N)NC(=O)[C@H](C[C@H]1C[C@H]2CC[C@@H]1C2)NC(C)=O)C(=O)N[C@@H](C)C(=O)N[C@@H](CO)C(=O)N[C@@H](CC(C)C)C(N)=O. The van der Waals surface area contributed by atoms with Gasteiger partial charge < -0.3 is 59.5 Å². The highest BCUT2D eigenvalue weighted by Gasteiger charge is 2.42. The van der Waals surface area contributed by atoms with Crippen LogP contribution in [-0.2, 0) is 38.4 Å². The number of aliphatic imine (C=N–C) groups is 1. The smallest absolute Gasteiger partial charge is 0.245 e. The molecule has 2 rings (SSSR count). The highest BCUT2D eigenvalue weighted by atomic mass is 32.2. The average molecular weight is 854 g/mol. The molecule has 0 spiro atoms. The predicted molar refractivity (Wildman–Crippen MR) is 223 cm³/mol. The Morgan fingerprint density at radius 2 is 1.20 bits per heavy atom. The summed E-state index contributed by atoms with van der Waals surface area (Å²) in [6.45, 7) is 7.10. The van der Waals surface area contributed by atoms with Gasteiger partial charge in [-0.2, -0.15) is 11.8 Å². The van der Waals surface area contributed by atoms with Gasteiger partial charge in [0.25, 0.3) is 0 Å². The Morgan fingerprint density at radius 3 is 1.68 bits per heavy atom. The van der Waals surface area contributed by atoms with E-state index in [0.717, 1.165) is 19.3 Å². The highest BCUT2D eigenvalue weighted by molar-refractivity contribution is 7.98. The number of nitrogens with zero attached hydrogens (tertiary/aromatic N) is 1. The van der Waals surface area contributed by atoms with Crippen LogP contribution in [-0.4, -0.2) is 126 Å². The molecular weight excluding hydrogens is 787 g/mol. The van der Waals surface area contributed by atoms with Gasteiger partial charge in [-0.1, -0.05) is 20.3 Å². The first-order valence-electron chi connectivity index (χ1n) is 20.3. The van der Waals surface area contributed by atoms with E-state index in [9.17, 15) is 43.5 Å². The minimum absolute atomic E-state index is 0.0116. The van der Waals surface area contributed by atoms with Crippen LogP contribution >= 0.6 is 11.8 Å². The first-order chi connectivity index (χ1) is 27.7. The van der Waals surface area contributed by atoms with Gasteiger partial charge in [0.15, 0.2) is 5.96 Å². The van der Waals surface area contributed by atoms with Gasteiger partial charge in [-0.15, -0.1) is 0 Å². The van der Waals surface area contributed by atoms with Gasteiger partial charge in [0.2, 0.25) is 47.3 Å². The first kappa shape index (κ1) is 50.5. The van der Waals surface area contributed by atoms with Gasteiger partial charge >= 0.3 is 0 Å². The number of carbonyl (C=O) groups is 8. The van der Waals surface area contributed by atoms with Crippen molar-refractivity contribution in [1.29, 1.82) is 0 Å². The highest BCUT2D eigenvalue weighted by Crippen LogP contribution is 2.49. The van der Waals surface area contributed by atoms with Crippen LogP contribution in [0.4, 0.5) is 0 Å². The van der Waals surface area contributed by atoms with E-state index in [-0.39, 0.29) is 49.5 Å². The lowest BCUT2D eigenvalue weighted by atomic mass is 9.84. The number of rotatable bonds is 26. The van der Waals surface area contributed by atoms with Crippen LogP contribution in [0.5, 0.6) is 0 Å². The van der Waals surface area contributed by atoms with E-state index < -0.39 is 90.3 Å². The molecule has 2 aliphatic carbocycles. The van der Waals surface area contributed by atoms with Crippen LogP contribution in [0.1, 0.15) is 92.4 Å². The van der Waals surface area contributed by atoms with E-state index >= 15 is 0 Å². The van der Waals surface area contributed by atoms with E-state index in [1.165, 1.54) is 39.0 Å². The lowest BCUT2D eigenvalue weighted by molar-refractivity contribution is -0.135. The fraction of sp³-hybridized carbons (Fsp3) is 0.763. The fourth-order valence-corrected chi connectivity index (χ4v) is 8.00. The van der Waals surface area contributed by atoms with Gasteiger partial charge in [0.05, 0.1) is 6.61 Å². The molecule has 2 bridgehead atoms. The topological polar surface area (TPSA) is 331 Å². The van der Waals surface area contributed by atoms with Crippen molar-refractivity contribution in [3.8, 4) is 0 Å². The molecule has 59 heavy (non-hydrogen) atoms. The van der Waals surface area contributed by atoms with Crippen LogP contribution in [0, 0.1) is 23.7 Å². The van der Waals surface area contributed by atoms with Gasteiger partial charge in [0.1, 0.15) is 42.3 Å². The Kier molecular flexibility index (Phi) is 21.5. The molecule has 334 valence electrons. The molecule has 10 atom stereocenters. The summed E-state index contributed by atoms with van der Waals surface area (Å²) in [6.07, 6.45) is 7.42. The van der Waals surface area contributed by atoms with Gasteiger partial charge in [-0.25, -0.2) is 0 Å². The molecule has 8 amide bonds. The zero-order valence-electron chi connectivity index (χ0n) is 35.1. The third-order valence-corrected chi connectivity index (χ3v) is 11.3. The second kappa shape index (κ2) is 25.1. The molecule has 0 aromatic heterocycles. The summed E-state index contributed by atoms with van der Waals surface area (Å²) in [6, 6.07) is -8.02. The molecule has 0 aliphatic heterocycles. The van der Waals surface area contributed by atoms with Crippen molar-refractivity contribution in [3.63, 3.8) is 0 Å². The Hall–Kier alpha value is -4.66. The summed E-state index contributed by atoms with van der Waals surface area (Å²) >= 11 is 1.41. The van der Waals surface area contributed by atoms with E-state index in [2.05, 4.69) is 42.2 Å². The summed E-state index contributed by atoms with van der Waals surface area (Å²) in [5.74, 6) is -3.77. The summed E-state index contributed by atoms with van der Waals surface area (Å²) in [5.41, 5.74) is 16.3. The quantitative estimate of drug-likeness (QED) is 0.0247. The zero-order valence-corrected chi connectivity index (χ0v) is 36.0. The molecule has 2 fully saturated rings. The van der Waals surface area contributed by atoms with E-state index in [1.54, 1.807) is 6.26 Å². The van der Waals surface area contributed by atoms with Crippen LogP contribution in [0.2, 0.25) is 0 Å². The largest absolute Gasteiger partial charge is 0.394 e. The molecule has 0 aromatic carbocycles. The molecular formula is C38H67N11O9S. The summed E-state index contributed by atoms with van der Waals surface area (Å²) in [4.78, 5) is 108. The number of primary amides is 1. The van der Waals surface area contributed by atoms with Crippen molar-refractivity contribution < 1.29 is 43.5 Å². The van der Waals surface area contributed by atoms with Crippen molar-refractivity contribution in [2.24, 2.45) is 45.9 Å². The maximum absolute atomic E-state index is 13.7. The number of aliphatic hydroxyl groups excluding tert-OH is 1. The van der Waals surface area contributed by atoms with Crippen molar-refractivity contribution in [1.82, 2.24) is 37.2 Å².